The van der Waals surface area contributed by atoms with Crippen LogP contribution in [0.3, 0.4) is 0 Å². The van der Waals surface area contributed by atoms with Crippen LogP contribution < -0.4 is 5.32 Å². The van der Waals surface area contributed by atoms with Gasteiger partial charge >= 0.3 is 0 Å². The molecule has 1 aromatic rings. The molecule has 0 aromatic heterocycles. The lowest BCUT2D eigenvalue weighted by molar-refractivity contribution is -0.140. The number of nitrogens with zero attached hydrogens (tertiary/aromatic N) is 1. The van der Waals surface area contributed by atoms with Gasteiger partial charge in [-0.25, -0.2) is 4.39 Å². The topological polar surface area (TPSA) is 58.6 Å². The van der Waals surface area contributed by atoms with Crippen molar-refractivity contribution in [3.8, 4) is 0 Å². The van der Waals surface area contributed by atoms with Gasteiger partial charge in [0, 0.05) is 19.7 Å². The van der Waals surface area contributed by atoms with Crippen LogP contribution in [0.25, 0.3) is 0 Å². The molecule has 0 radical (unpaired) electrons. The summed E-state index contributed by atoms with van der Waals surface area (Å²) in [7, 11) is 1.53. The number of nitrogens with one attached hydrogen (secondary N) is 1. The molecular formula is C19H26ClFN2O3. The van der Waals surface area contributed by atoms with Crippen LogP contribution in [0, 0.1) is 5.82 Å². The summed E-state index contributed by atoms with van der Waals surface area (Å²) in [6.45, 7) is 0.499. The molecule has 1 aromatic carbocycles. The third kappa shape index (κ3) is 5.68. The first-order valence-electron chi connectivity index (χ1n) is 8.97. The first kappa shape index (κ1) is 20.6. The van der Waals surface area contributed by atoms with Gasteiger partial charge in [0.1, 0.15) is 17.7 Å². The number of carbonyl (C=O) groups excluding carboxylic acids is 2. The monoisotopic (exact) mass is 384 g/mol. The molecule has 0 spiro atoms. The molecule has 1 fully saturated rings. The minimum atomic E-state index is -0.862. The van der Waals surface area contributed by atoms with E-state index in [1.165, 1.54) is 42.7 Å². The molecule has 1 saturated carbocycles. The number of hydrogen-bond donors (Lipinski definition) is 1. The van der Waals surface area contributed by atoms with Crippen LogP contribution in [-0.2, 0) is 14.3 Å². The Labute approximate surface area is 158 Å². The number of halogens is 2. The van der Waals surface area contributed by atoms with Crippen LogP contribution in [0.2, 0.25) is 0 Å². The normalized spacial score (nSPS) is 16.1. The Morgan fingerprint density at radius 3 is 2.50 bits per heavy atom. The predicted octanol–water partition coefficient (Wildman–Crippen LogP) is 3.03. The summed E-state index contributed by atoms with van der Waals surface area (Å²) in [4.78, 5) is 26.8. The zero-order valence-electron chi connectivity index (χ0n) is 15.0. The Hall–Kier alpha value is -1.66. The molecule has 0 bridgehead atoms. The van der Waals surface area contributed by atoms with Crippen molar-refractivity contribution >= 4 is 23.4 Å². The van der Waals surface area contributed by atoms with Gasteiger partial charge in [-0.3, -0.25) is 9.59 Å². The van der Waals surface area contributed by atoms with E-state index in [1.807, 2.05) is 0 Å². The third-order valence-electron chi connectivity index (χ3n) is 4.67. The summed E-state index contributed by atoms with van der Waals surface area (Å²) < 4.78 is 18.4. The number of rotatable bonds is 8. The molecule has 5 nitrogen and oxygen atoms in total. The van der Waals surface area contributed by atoms with E-state index in [2.05, 4.69) is 5.32 Å². The van der Waals surface area contributed by atoms with Crippen molar-refractivity contribution in [1.82, 2.24) is 10.2 Å². The van der Waals surface area contributed by atoms with Gasteiger partial charge in [0.15, 0.2) is 0 Å². The average molecular weight is 385 g/mol. The van der Waals surface area contributed by atoms with Crippen molar-refractivity contribution in [3.05, 3.63) is 35.6 Å². The Bertz CT molecular complexity index is 591. The van der Waals surface area contributed by atoms with E-state index in [9.17, 15) is 14.0 Å². The molecule has 0 aliphatic heterocycles. The van der Waals surface area contributed by atoms with Gasteiger partial charge in [-0.2, -0.15) is 0 Å². The Morgan fingerprint density at radius 1 is 1.27 bits per heavy atom. The van der Waals surface area contributed by atoms with Crippen LogP contribution in [-0.4, -0.2) is 48.9 Å². The van der Waals surface area contributed by atoms with Gasteiger partial charge in [-0.05, 0) is 30.5 Å². The van der Waals surface area contributed by atoms with Crippen LogP contribution in [0.4, 0.5) is 4.39 Å². The van der Waals surface area contributed by atoms with Gasteiger partial charge in [-0.1, -0.05) is 31.4 Å². The zero-order valence-corrected chi connectivity index (χ0v) is 15.8. The lowest BCUT2D eigenvalue weighted by atomic mass is 9.94. The number of benzene rings is 1. The summed E-state index contributed by atoms with van der Waals surface area (Å²) in [5.41, 5.74) is 0.550. The lowest BCUT2D eigenvalue weighted by Gasteiger charge is -2.33. The van der Waals surface area contributed by atoms with Gasteiger partial charge in [-0.15, -0.1) is 11.6 Å². The highest BCUT2D eigenvalue weighted by Crippen LogP contribution is 2.24. The smallest absolute Gasteiger partial charge is 0.247 e. The van der Waals surface area contributed by atoms with Gasteiger partial charge in [0.05, 0.1) is 6.61 Å². The third-order valence-corrected chi connectivity index (χ3v) is 4.90. The minimum Gasteiger partial charge on any atom is -0.383 e. The molecule has 144 valence electrons. The molecule has 26 heavy (non-hydrogen) atoms. The molecule has 0 saturated heterocycles. The molecular weight excluding hydrogens is 359 g/mol. The van der Waals surface area contributed by atoms with Crippen molar-refractivity contribution in [1.29, 1.82) is 0 Å². The zero-order chi connectivity index (χ0) is 18.9. The van der Waals surface area contributed by atoms with E-state index in [1.54, 1.807) is 0 Å². The molecule has 1 atom stereocenters. The summed E-state index contributed by atoms with van der Waals surface area (Å²) in [6, 6.07) is 4.88. The van der Waals surface area contributed by atoms with Gasteiger partial charge in [0.25, 0.3) is 0 Å². The first-order valence-corrected chi connectivity index (χ1v) is 9.50. The Morgan fingerprint density at radius 2 is 1.92 bits per heavy atom. The maximum absolute atomic E-state index is 13.3. The molecule has 0 unspecified atom stereocenters. The van der Waals surface area contributed by atoms with E-state index in [-0.39, 0.29) is 36.9 Å². The quantitative estimate of drug-likeness (QED) is 0.701. The van der Waals surface area contributed by atoms with E-state index in [4.69, 9.17) is 16.3 Å². The first-order chi connectivity index (χ1) is 12.6. The SMILES string of the molecule is COCCN(C(=O)CCl)[C@H](C(=O)NC1CCCCC1)c1ccc(F)cc1. The van der Waals surface area contributed by atoms with Crippen molar-refractivity contribution < 1.29 is 18.7 Å². The van der Waals surface area contributed by atoms with Crippen LogP contribution in [0.1, 0.15) is 43.7 Å². The lowest BCUT2D eigenvalue weighted by Crippen LogP contribution is -2.48. The summed E-state index contributed by atoms with van der Waals surface area (Å²) in [6.07, 6.45) is 5.21. The van der Waals surface area contributed by atoms with Crippen molar-refractivity contribution in [3.63, 3.8) is 0 Å². The van der Waals surface area contributed by atoms with E-state index in [0.29, 0.717) is 5.56 Å². The summed E-state index contributed by atoms with van der Waals surface area (Å²) in [5.74, 6) is -1.26. The Kier molecular flexibility index (Phi) is 8.32. The standard InChI is InChI=1S/C19H26ClFN2O3/c1-26-12-11-23(17(24)13-20)18(14-7-9-15(21)10-8-14)19(25)22-16-5-3-2-4-6-16/h7-10,16,18H,2-6,11-13H2,1H3,(H,22,25)/t18-/m0/s1. The second-order valence-electron chi connectivity index (χ2n) is 6.51. The van der Waals surface area contributed by atoms with Crippen molar-refractivity contribution in [2.75, 3.05) is 26.1 Å². The fourth-order valence-corrected chi connectivity index (χ4v) is 3.46. The van der Waals surface area contributed by atoms with E-state index in [0.717, 1.165) is 25.7 Å². The molecule has 2 rings (SSSR count). The molecule has 1 aliphatic carbocycles. The second kappa shape index (κ2) is 10.5. The van der Waals surface area contributed by atoms with Gasteiger partial charge < -0.3 is 15.0 Å². The van der Waals surface area contributed by atoms with E-state index < -0.39 is 11.9 Å². The number of ether oxygens (including phenoxy) is 1. The molecule has 2 amide bonds. The van der Waals surface area contributed by atoms with Crippen LogP contribution >= 0.6 is 11.6 Å². The molecule has 1 aliphatic rings. The molecule has 0 heterocycles. The van der Waals surface area contributed by atoms with Gasteiger partial charge in [0.2, 0.25) is 11.8 Å². The number of amides is 2. The van der Waals surface area contributed by atoms with Crippen LogP contribution in [0.5, 0.6) is 0 Å². The highest BCUT2D eigenvalue weighted by atomic mass is 35.5. The maximum Gasteiger partial charge on any atom is 0.247 e. The highest BCUT2D eigenvalue weighted by molar-refractivity contribution is 6.27. The number of alkyl halides is 1. The fourth-order valence-electron chi connectivity index (χ4n) is 3.31. The number of methoxy groups -OCH3 is 1. The summed E-state index contributed by atoms with van der Waals surface area (Å²) >= 11 is 5.76. The fraction of sp³-hybridized carbons (Fsp3) is 0.579. The predicted molar refractivity (Wildman–Crippen MR) is 98.5 cm³/mol. The summed E-state index contributed by atoms with van der Waals surface area (Å²) in [5, 5.41) is 3.06. The number of carbonyl (C=O) groups is 2. The van der Waals surface area contributed by atoms with Crippen LogP contribution in [0.15, 0.2) is 24.3 Å². The van der Waals surface area contributed by atoms with Crippen molar-refractivity contribution in [2.45, 2.75) is 44.2 Å². The van der Waals surface area contributed by atoms with Crippen molar-refractivity contribution in [2.24, 2.45) is 0 Å². The highest BCUT2D eigenvalue weighted by Gasteiger charge is 2.32. The minimum absolute atomic E-state index is 0.106. The molecule has 1 N–H and O–H groups in total. The largest absolute Gasteiger partial charge is 0.383 e. The Balaban J connectivity index is 2.27. The second-order valence-corrected chi connectivity index (χ2v) is 6.78. The maximum atomic E-state index is 13.3. The number of hydrogen-bond acceptors (Lipinski definition) is 3. The van der Waals surface area contributed by atoms with E-state index >= 15 is 0 Å². The molecule has 7 heteroatoms. The average Bonchev–Trinajstić information content (AvgIpc) is 2.66.